The first-order valence-corrected chi connectivity index (χ1v) is 5.28. The van der Waals surface area contributed by atoms with Gasteiger partial charge in [-0.3, -0.25) is 4.68 Å². The van der Waals surface area contributed by atoms with Crippen molar-refractivity contribution in [2.24, 2.45) is 7.05 Å². The molecule has 1 aromatic carbocycles. The maximum Gasteiger partial charge on any atom is 0.123 e. The van der Waals surface area contributed by atoms with E-state index in [4.69, 9.17) is 5.73 Å². The smallest absolute Gasteiger partial charge is 0.123 e. The van der Waals surface area contributed by atoms with Crippen LogP contribution >= 0.6 is 0 Å². The number of halogens is 1. The molecule has 3 N–H and O–H groups in total. The molecule has 0 aliphatic heterocycles. The Hall–Kier alpha value is -1.88. The first kappa shape index (κ1) is 11.6. The number of aryl methyl sites for hydroxylation is 1. The standard InChI is InChI=1S/C12H14FN3O/c1-16-5-4-9(15-16)7-12(17)10-6-8(13)2-3-11(10)14/h2-6,12,17H,7,14H2,1H3. The molecule has 2 rings (SSSR count). The normalized spacial score (nSPS) is 12.6. The van der Waals surface area contributed by atoms with Gasteiger partial charge in [-0.1, -0.05) is 0 Å². The van der Waals surface area contributed by atoms with Gasteiger partial charge in [0.15, 0.2) is 0 Å². The highest BCUT2D eigenvalue weighted by atomic mass is 19.1. The van der Waals surface area contributed by atoms with E-state index in [1.54, 1.807) is 24.0 Å². The van der Waals surface area contributed by atoms with E-state index in [9.17, 15) is 9.50 Å². The Morgan fingerprint density at radius 3 is 2.88 bits per heavy atom. The number of hydrogen-bond acceptors (Lipinski definition) is 3. The van der Waals surface area contributed by atoms with Crippen molar-refractivity contribution in [3.05, 3.63) is 47.5 Å². The molecule has 1 unspecified atom stereocenters. The number of rotatable bonds is 3. The third kappa shape index (κ3) is 2.62. The Balaban J connectivity index is 2.19. The predicted molar refractivity (Wildman–Crippen MR) is 62.7 cm³/mol. The number of nitrogens with two attached hydrogens (primary N) is 1. The van der Waals surface area contributed by atoms with Gasteiger partial charge in [0.2, 0.25) is 0 Å². The molecule has 0 fully saturated rings. The zero-order valence-corrected chi connectivity index (χ0v) is 9.47. The fraction of sp³-hybridized carbons (Fsp3) is 0.250. The van der Waals surface area contributed by atoms with Gasteiger partial charge < -0.3 is 10.8 Å². The van der Waals surface area contributed by atoms with Gasteiger partial charge in [0.25, 0.3) is 0 Å². The van der Waals surface area contributed by atoms with Gasteiger partial charge in [-0.05, 0) is 24.3 Å². The summed E-state index contributed by atoms with van der Waals surface area (Å²) in [5.41, 5.74) is 7.22. The predicted octanol–water partition coefficient (Wildman–Crippen LogP) is 1.42. The lowest BCUT2D eigenvalue weighted by atomic mass is 10.0. The van der Waals surface area contributed by atoms with Gasteiger partial charge in [-0.25, -0.2) is 4.39 Å². The van der Waals surface area contributed by atoms with Crippen LogP contribution in [0.2, 0.25) is 0 Å². The summed E-state index contributed by atoms with van der Waals surface area (Å²) in [6.45, 7) is 0. The molecule has 0 aliphatic rings. The van der Waals surface area contributed by atoms with E-state index in [-0.39, 0.29) is 0 Å². The summed E-state index contributed by atoms with van der Waals surface area (Å²) < 4.78 is 14.7. The molecule has 17 heavy (non-hydrogen) atoms. The topological polar surface area (TPSA) is 64.1 Å². The van der Waals surface area contributed by atoms with Crippen LogP contribution in [0.4, 0.5) is 10.1 Å². The molecule has 0 bridgehead atoms. The highest BCUT2D eigenvalue weighted by Crippen LogP contribution is 2.24. The van der Waals surface area contributed by atoms with Gasteiger partial charge in [-0.15, -0.1) is 0 Å². The van der Waals surface area contributed by atoms with Crippen molar-refractivity contribution in [3.63, 3.8) is 0 Å². The minimum atomic E-state index is -0.847. The second-order valence-corrected chi connectivity index (χ2v) is 3.97. The van der Waals surface area contributed by atoms with Gasteiger partial charge in [0.1, 0.15) is 5.82 Å². The molecule has 0 aliphatic carbocycles. The summed E-state index contributed by atoms with van der Waals surface area (Å²) in [6, 6.07) is 5.78. The van der Waals surface area contributed by atoms with Crippen LogP contribution in [-0.2, 0) is 13.5 Å². The largest absolute Gasteiger partial charge is 0.398 e. The Labute approximate surface area is 98.5 Å². The molecule has 90 valence electrons. The van der Waals surface area contributed by atoms with E-state index >= 15 is 0 Å². The van der Waals surface area contributed by atoms with Crippen LogP contribution in [0, 0.1) is 5.82 Å². The van der Waals surface area contributed by atoms with Crippen LogP contribution in [0.15, 0.2) is 30.5 Å². The molecular weight excluding hydrogens is 221 g/mol. The van der Waals surface area contributed by atoms with Crippen molar-refractivity contribution < 1.29 is 9.50 Å². The third-order valence-corrected chi connectivity index (χ3v) is 2.58. The maximum absolute atomic E-state index is 13.1. The molecule has 0 saturated heterocycles. The van der Waals surface area contributed by atoms with Crippen molar-refractivity contribution in [2.75, 3.05) is 5.73 Å². The molecule has 4 nitrogen and oxygen atoms in total. The quantitative estimate of drug-likeness (QED) is 0.791. The summed E-state index contributed by atoms with van der Waals surface area (Å²) in [5.74, 6) is -0.408. The zero-order chi connectivity index (χ0) is 12.4. The Kier molecular flexibility index (Phi) is 3.10. The molecule has 0 saturated carbocycles. The average molecular weight is 235 g/mol. The lowest BCUT2D eigenvalue weighted by Crippen LogP contribution is -2.06. The van der Waals surface area contributed by atoms with E-state index in [1.165, 1.54) is 18.2 Å². The van der Waals surface area contributed by atoms with E-state index in [0.717, 1.165) is 5.69 Å². The van der Waals surface area contributed by atoms with Crippen LogP contribution in [0.1, 0.15) is 17.4 Å². The van der Waals surface area contributed by atoms with E-state index in [0.29, 0.717) is 17.7 Å². The van der Waals surface area contributed by atoms with E-state index in [1.807, 2.05) is 0 Å². The molecule has 0 amide bonds. The number of aromatic nitrogens is 2. The zero-order valence-electron chi connectivity index (χ0n) is 9.47. The van der Waals surface area contributed by atoms with Gasteiger partial charge in [0, 0.05) is 30.9 Å². The van der Waals surface area contributed by atoms with Crippen LogP contribution in [0.25, 0.3) is 0 Å². The fourth-order valence-electron chi connectivity index (χ4n) is 1.71. The molecule has 0 radical (unpaired) electrons. The van der Waals surface area contributed by atoms with Gasteiger partial charge >= 0.3 is 0 Å². The summed E-state index contributed by atoms with van der Waals surface area (Å²) in [6.07, 6.45) is 1.26. The molecule has 1 aromatic heterocycles. The van der Waals surface area contributed by atoms with Crippen molar-refractivity contribution >= 4 is 5.69 Å². The van der Waals surface area contributed by atoms with Gasteiger partial charge in [-0.2, -0.15) is 5.10 Å². The molecule has 0 spiro atoms. The highest BCUT2D eigenvalue weighted by molar-refractivity contribution is 5.48. The van der Waals surface area contributed by atoms with Crippen LogP contribution in [0.3, 0.4) is 0 Å². The number of nitrogens with zero attached hydrogens (tertiary/aromatic N) is 2. The lowest BCUT2D eigenvalue weighted by Gasteiger charge is -2.12. The third-order valence-electron chi connectivity index (χ3n) is 2.58. The summed E-state index contributed by atoms with van der Waals surface area (Å²) in [4.78, 5) is 0. The summed E-state index contributed by atoms with van der Waals surface area (Å²) in [7, 11) is 1.80. The first-order chi connectivity index (χ1) is 8.06. The number of hydrogen-bond donors (Lipinski definition) is 2. The summed E-state index contributed by atoms with van der Waals surface area (Å²) >= 11 is 0. The van der Waals surface area contributed by atoms with Crippen LogP contribution < -0.4 is 5.73 Å². The van der Waals surface area contributed by atoms with Crippen LogP contribution in [0.5, 0.6) is 0 Å². The van der Waals surface area contributed by atoms with Crippen LogP contribution in [-0.4, -0.2) is 14.9 Å². The molecule has 1 atom stereocenters. The Morgan fingerprint density at radius 2 is 2.24 bits per heavy atom. The van der Waals surface area contributed by atoms with Crippen molar-refractivity contribution in [1.29, 1.82) is 0 Å². The number of anilines is 1. The molecule has 1 heterocycles. The Bertz CT molecular complexity index is 524. The number of nitrogen functional groups attached to an aromatic ring is 1. The number of aliphatic hydroxyl groups excluding tert-OH is 1. The number of aliphatic hydroxyl groups is 1. The van der Waals surface area contributed by atoms with Crippen molar-refractivity contribution in [2.45, 2.75) is 12.5 Å². The monoisotopic (exact) mass is 235 g/mol. The van der Waals surface area contributed by atoms with Crippen molar-refractivity contribution in [3.8, 4) is 0 Å². The van der Waals surface area contributed by atoms with Crippen molar-refractivity contribution in [1.82, 2.24) is 9.78 Å². The minimum Gasteiger partial charge on any atom is -0.398 e. The highest BCUT2D eigenvalue weighted by Gasteiger charge is 2.14. The second-order valence-electron chi connectivity index (χ2n) is 3.97. The maximum atomic E-state index is 13.1. The molecule has 5 heteroatoms. The minimum absolute atomic E-state index is 0.314. The first-order valence-electron chi connectivity index (χ1n) is 5.28. The van der Waals surface area contributed by atoms with E-state index < -0.39 is 11.9 Å². The fourth-order valence-corrected chi connectivity index (χ4v) is 1.71. The average Bonchev–Trinajstić information content (AvgIpc) is 2.67. The second kappa shape index (κ2) is 4.55. The lowest BCUT2D eigenvalue weighted by molar-refractivity contribution is 0.177. The summed E-state index contributed by atoms with van der Waals surface area (Å²) in [5, 5.41) is 14.1. The molecule has 2 aromatic rings. The number of benzene rings is 1. The van der Waals surface area contributed by atoms with E-state index in [2.05, 4.69) is 5.10 Å². The SMILES string of the molecule is Cn1ccc(CC(O)c2cc(F)ccc2N)n1. The Morgan fingerprint density at radius 1 is 1.47 bits per heavy atom. The molecular formula is C12H14FN3O. The van der Waals surface area contributed by atoms with Gasteiger partial charge in [0.05, 0.1) is 11.8 Å².